The van der Waals surface area contributed by atoms with Crippen LogP contribution in [0.15, 0.2) is 18.2 Å². The highest BCUT2D eigenvalue weighted by molar-refractivity contribution is 6.35. The summed E-state index contributed by atoms with van der Waals surface area (Å²) in [5, 5.41) is 16.3. The van der Waals surface area contributed by atoms with Crippen LogP contribution in [0, 0.1) is 5.92 Å². The van der Waals surface area contributed by atoms with Crippen LogP contribution in [0.1, 0.15) is 10.4 Å². The standard InChI is InChI=1S/C12H14Cl2N2O2/c13-9-1-7(2-10(14)3-9)12(18)16-5-8-4-15-6-11(8)17/h1-3,8,11,15,17H,4-6H2,(H,16,18). The van der Waals surface area contributed by atoms with Gasteiger partial charge < -0.3 is 15.7 Å². The van der Waals surface area contributed by atoms with Gasteiger partial charge in [0.15, 0.2) is 0 Å². The molecule has 0 bridgehead atoms. The summed E-state index contributed by atoms with van der Waals surface area (Å²) in [6, 6.07) is 4.70. The van der Waals surface area contributed by atoms with Gasteiger partial charge in [-0.3, -0.25) is 4.79 Å². The van der Waals surface area contributed by atoms with Crippen LogP contribution in [0.4, 0.5) is 0 Å². The van der Waals surface area contributed by atoms with Gasteiger partial charge in [0.25, 0.3) is 5.91 Å². The third-order valence-corrected chi connectivity index (χ3v) is 3.39. The SMILES string of the molecule is O=C(NCC1CNCC1O)c1cc(Cl)cc(Cl)c1. The Morgan fingerprint density at radius 2 is 2.00 bits per heavy atom. The van der Waals surface area contributed by atoms with Gasteiger partial charge in [-0.05, 0) is 18.2 Å². The maximum atomic E-state index is 11.9. The molecule has 0 spiro atoms. The van der Waals surface area contributed by atoms with Gasteiger partial charge in [0, 0.05) is 41.2 Å². The monoisotopic (exact) mass is 288 g/mol. The average molecular weight is 289 g/mol. The van der Waals surface area contributed by atoms with Crippen LogP contribution in [0.25, 0.3) is 0 Å². The van der Waals surface area contributed by atoms with Crippen LogP contribution in [0.2, 0.25) is 10.0 Å². The second-order valence-electron chi connectivity index (χ2n) is 4.35. The molecule has 1 aliphatic heterocycles. The van der Waals surface area contributed by atoms with Gasteiger partial charge in [-0.15, -0.1) is 0 Å². The van der Waals surface area contributed by atoms with E-state index in [0.29, 0.717) is 35.2 Å². The summed E-state index contributed by atoms with van der Waals surface area (Å²) >= 11 is 11.7. The molecule has 2 unspecified atom stereocenters. The van der Waals surface area contributed by atoms with E-state index >= 15 is 0 Å². The average Bonchev–Trinajstić information content (AvgIpc) is 2.70. The molecule has 1 amide bonds. The van der Waals surface area contributed by atoms with Crippen LogP contribution in [0.5, 0.6) is 0 Å². The van der Waals surface area contributed by atoms with E-state index in [0.717, 1.165) is 0 Å². The number of nitrogens with one attached hydrogen (secondary N) is 2. The van der Waals surface area contributed by atoms with E-state index in [9.17, 15) is 9.90 Å². The number of β-amino-alcohol motifs (C(OH)–C–C–N with tert-alkyl or cyclic N) is 1. The molecular formula is C12H14Cl2N2O2. The predicted molar refractivity (Wildman–Crippen MR) is 71.2 cm³/mol. The van der Waals surface area contributed by atoms with Crippen molar-refractivity contribution in [1.29, 1.82) is 0 Å². The maximum absolute atomic E-state index is 11.9. The minimum atomic E-state index is -0.409. The van der Waals surface area contributed by atoms with E-state index in [4.69, 9.17) is 23.2 Å². The molecule has 0 radical (unpaired) electrons. The van der Waals surface area contributed by atoms with Crippen molar-refractivity contribution in [2.24, 2.45) is 5.92 Å². The Labute approximate surface area is 115 Å². The third-order valence-electron chi connectivity index (χ3n) is 2.95. The summed E-state index contributed by atoms with van der Waals surface area (Å²) in [4.78, 5) is 11.9. The predicted octanol–water partition coefficient (Wildman–Crippen LogP) is 1.30. The summed E-state index contributed by atoms with van der Waals surface area (Å²) < 4.78 is 0. The Hall–Kier alpha value is -0.810. The summed E-state index contributed by atoms with van der Waals surface area (Å²) in [5.74, 6) is -0.192. The van der Waals surface area contributed by atoms with Crippen LogP contribution < -0.4 is 10.6 Å². The van der Waals surface area contributed by atoms with E-state index in [2.05, 4.69) is 10.6 Å². The summed E-state index contributed by atoms with van der Waals surface area (Å²) in [7, 11) is 0. The van der Waals surface area contributed by atoms with Crippen molar-refractivity contribution in [3.63, 3.8) is 0 Å². The van der Waals surface area contributed by atoms with Gasteiger partial charge in [-0.2, -0.15) is 0 Å². The van der Waals surface area contributed by atoms with Crippen LogP contribution in [-0.4, -0.2) is 36.8 Å². The molecule has 1 heterocycles. The van der Waals surface area contributed by atoms with Gasteiger partial charge >= 0.3 is 0 Å². The Kier molecular flexibility index (Phi) is 4.45. The number of aliphatic hydroxyl groups excluding tert-OH is 1. The topological polar surface area (TPSA) is 61.4 Å². The highest BCUT2D eigenvalue weighted by Crippen LogP contribution is 2.19. The number of halogens is 2. The minimum Gasteiger partial charge on any atom is -0.391 e. The molecule has 2 rings (SSSR count). The second kappa shape index (κ2) is 5.89. The van der Waals surface area contributed by atoms with Crippen molar-refractivity contribution >= 4 is 29.1 Å². The van der Waals surface area contributed by atoms with Crippen molar-refractivity contribution in [2.75, 3.05) is 19.6 Å². The molecule has 98 valence electrons. The molecule has 2 atom stereocenters. The Morgan fingerprint density at radius 3 is 2.56 bits per heavy atom. The zero-order chi connectivity index (χ0) is 13.1. The molecular weight excluding hydrogens is 275 g/mol. The maximum Gasteiger partial charge on any atom is 0.251 e. The first-order chi connectivity index (χ1) is 8.56. The second-order valence-corrected chi connectivity index (χ2v) is 5.23. The fourth-order valence-corrected chi connectivity index (χ4v) is 2.46. The molecule has 1 aliphatic rings. The first-order valence-electron chi connectivity index (χ1n) is 5.69. The number of hydrogen-bond donors (Lipinski definition) is 3. The normalized spacial score (nSPS) is 23.1. The summed E-state index contributed by atoms with van der Waals surface area (Å²) in [6.07, 6.45) is -0.409. The van der Waals surface area contributed by atoms with Crippen molar-refractivity contribution in [3.05, 3.63) is 33.8 Å². The highest BCUT2D eigenvalue weighted by atomic mass is 35.5. The fourth-order valence-electron chi connectivity index (χ4n) is 1.94. The van der Waals surface area contributed by atoms with Gasteiger partial charge in [-0.1, -0.05) is 23.2 Å². The number of rotatable bonds is 3. The molecule has 6 heteroatoms. The van der Waals surface area contributed by atoms with Crippen molar-refractivity contribution in [1.82, 2.24) is 10.6 Å². The highest BCUT2D eigenvalue weighted by Gasteiger charge is 2.25. The van der Waals surface area contributed by atoms with Crippen LogP contribution in [0.3, 0.4) is 0 Å². The number of carbonyl (C=O) groups excluding carboxylic acids is 1. The van der Waals surface area contributed by atoms with E-state index in [1.54, 1.807) is 18.2 Å². The van der Waals surface area contributed by atoms with E-state index in [-0.39, 0.29) is 11.8 Å². The summed E-state index contributed by atoms with van der Waals surface area (Å²) in [5.41, 5.74) is 0.424. The minimum absolute atomic E-state index is 0.0450. The molecule has 18 heavy (non-hydrogen) atoms. The number of amides is 1. The fraction of sp³-hybridized carbons (Fsp3) is 0.417. The molecule has 1 aromatic rings. The molecule has 0 saturated carbocycles. The van der Waals surface area contributed by atoms with Gasteiger partial charge in [0.1, 0.15) is 0 Å². The zero-order valence-electron chi connectivity index (χ0n) is 9.62. The third kappa shape index (κ3) is 3.36. The lowest BCUT2D eigenvalue weighted by Gasteiger charge is -2.14. The van der Waals surface area contributed by atoms with Gasteiger partial charge in [-0.25, -0.2) is 0 Å². The van der Waals surface area contributed by atoms with E-state index in [1.165, 1.54) is 0 Å². The van der Waals surface area contributed by atoms with E-state index in [1.807, 2.05) is 0 Å². The van der Waals surface area contributed by atoms with Crippen LogP contribution in [-0.2, 0) is 0 Å². The number of carbonyl (C=O) groups is 1. The largest absolute Gasteiger partial charge is 0.391 e. The Balaban J connectivity index is 1.95. The lowest BCUT2D eigenvalue weighted by molar-refractivity contribution is 0.0927. The number of benzene rings is 1. The zero-order valence-corrected chi connectivity index (χ0v) is 11.1. The lowest BCUT2D eigenvalue weighted by Crippen LogP contribution is -2.34. The van der Waals surface area contributed by atoms with Gasteiger partial charge in [0.2, 0.25) is 0 Å². The van der Waals surface area contributed by atoms with Crippen LogP contribution >= 0.6 is 23.2 Å². The number of aliphatic hydroxyl groups is 1. The number of hydrogen-bond acceptors (Lipinski definition) is 3. The molecule has 4 nitrogen and oxygen atoms in total. The quantitative estimate of drug-likeness (QED) is 0.786. The molecule has 1 saturated heterocycles. The lowest BCUT2D eigenvalue weighted by atomic mass is 10.1. The molecule has 1 fully saturated rings. The van der Waals surface area contributed by atoms with Crippen molar-refractivity contribution < 1.29 is 9.90 Å². The molecule has 3 N–H and O–H groups in total. The Bertz CT molecular complexity index is 433. The first-order valence-corrected chi connectivity index (χ1v) is 6.45. The summed E-state index contributed by atoms with van der Waals surface area (Å²) in [6.45, 7) is 1.71. The molecule has 0 aromatic heterocycles. The molecule has 1 aromatic carbocycles. The van der Waals surface area contributed by atoms with Crippen molar-refractivity contribution in [3.8, 4) is 0 Å². The Morgan fingerprint density at radius 1 is 1.33 bits per heavy atom. The first kappa shape index (κ1) is 13.6. The van der Waals surface area contributed by atoms with E-state index < -0.39 is 6.10 Å². The van der Waals surface area contributed by atoms with Crippen molar-refractivity contribution in [2.45, 2.75) is 6.10 Å². The molecule has 0 aliphatic carbocycles. The smallest absolute Gasteiger partial charge is 0.251 e. The van der Waals surface area contributed by atoms with Gasteiger partial charge in [0.05, 0.1) is 6.10 Å².